The Morgan fingerprint density at radius 3 is 1.67 bits per heavy atom. The SMILES string of the molecule is FC=C1C(F)(F)C1(F)Cl. The van der Waals surface area contributed by atoms with Gasteiger partial charge in [-0.05, 0) is 0 Å². The molecule has 0 radical (unpaired) electrons. The van der Waals surface area contributed by atoms with Crippen LogP contribution in [-0.4, -0.2) is 11.1 Å². The van der Waals surface area contributed by atoms with Crippen molar-refractivity contribution in [2.75, 3.05) is 0 Å². The molecule has 1 rings (SSSR count). The van der Waals surface area contributed by atoms with Crippen molar-refractivity contribution in [3.63, 3.8) is 0 Å². The van der Waals surface area contributed by atoms with Gasteiger partial charge in [-0.3, -0.25) is 0 Å². The van der Waals surface area contributed by atoms with Crippen molar-refractivity contribution in [3.05, 3.63) is 11.9 Å². The molecule has 0 spiro atoms. The molecule has 0 aliphatic heterocycles. The lowest BCUT2D eigenvalue weighted by Crippen LogP contribution is -2.01. The first-order valence-corrected chi connectivity index (χ1v) is 2.39. The Hall–Kier alpha value is -0.250. The van der Waals surface area contributed by atoms with Crippen LogP contribution in [0.2, 0.25) is 0 Å². The fourth-order valence-corrected chi connectivity index (χ4v) is 0.663. The zero-order chi connectivity index (χ0) is 7.28. The fraction of sp³-hybridized carbons (Fsp3) is 0.500. The van der Waals surface area contributed by atoms with Crippen LogP contribution in [0.15, 0.2) is 11.9 Å². The molecule has 0 bridgehead atoms. The minimum absolute atomic E-state index is 0.507. The molecule has 0 N–H and O–H groups in total. The standard InChI is InChI=1S/C4HClF4/c5-3(7)2(1-6)4(3,8)9/h1H. The third-order valence-electron chi connectivity index (χ3n) is 1.12. The van der Waals surface area contributed by atoms with Gasteiger partial charge in [-0.25, -0.2) is 8.78 Å². The van der Waals surface area contributed by atoms with Crippen molar-refractivity contribution < 1.29 is 17.6 Å². The van der Waals surface area contributed by atoms with Gasteiger partial charge in [0.25, 0.3) is 5.13 Å². The summed E-state index contributed by atoms with van der Waals surface area (Å²) < 4.78 is 46.7. The molecule has 1 fully saturated rings. The van der Waals surface area contributed by atoms with Gasteiger partial charge in [-0.1, -0.05) is 11.6 Å². The molecule has 0 aromatic carbocycles. The highest BCUT2D eigenvalue weighted by Gasteiger charge is 2.79. The summed E-state index contributed by atoms with van der Waals surface area (Å²) in [5.74, 6) is -3.80. The number of halogens is 5. The number of hydrogen-bond acceptors (Lipinski definition) is 0. The van der Waals surface area contributed by atoms with E-state index < -0.39 is 23.0 Å². The van der Waals surface area contributed by atoms with Crippen LogP contribution >= 0.6 is 11.6 Å². The van der Waals surface area contributed by atoms with Crippen LogP contribution in [0.25, 0.3) is 0 Å². The molecule has 0 aromatic rings. The third-order valence-corrected chi connectivity index (χ3v) is 1.56. The van der Waals surface area contributed by atoms with Gasteiger partial charge in [0.05, 0.1) is 11.9 Å². The molecule has 52 valence electrons. The van der Waals surface area contributed by atoms with Crippen LogP contribution in [0, 0.1) is 0 Å². The Bertz CT molecular complexity index is 155. The van der Waals surface area contributed by atoms with Crippen molar-refractivity contribution in [1.29, 1.82) is 0 Å². The zero-order valence-electron chi connectivity index (χ0n) is 3.97. The largest absolute Gasteiger partial charge is 0.327 e. The van der Waals surface area contributed by atoms with Crippen molar-refractivity contribution in [2.45, 2.75) is 11.1 Å². The van der Waals surface area contributed by atoms with Gasteiger partial charge in [0.15, 0.2) is 0 Å². The van der Waals surface area contributed by atoms with Crippen molar-refractivity contribution in [3.8, 4) is 0 Å². The Morgan fingerprint density at radius 2 is 1.67 bits per heavy atom. The highest BCUT2D eigenvalue weighted by Crippen LogP contribution is 2.63. The smallest absolute Gasteiger partial charge is 0.215 e. The van der Waals surface area contributed by atoms with E-state index in [2.05, 4.69) is 11.6 Å². The maximum Gasteiger partial charge on any atom is 0.327 e. The van der Waals surface area contributed by atoms with E-state index in [1.54, 1.807) is 0 Å². The predicted octanol–water partition coefficient (Wildman–Crippen LogP) is 2.39. The van der Waals surface area contributed by atoms with Gasteiger partial charge in [-0.2, -0.15) is 8.78 Å². The van der Waals surface area contributed by atoms with E-state index in [4.69, 9.17) is 0 Å². The molecule has 1 unspecified atom stereocenters. The maximum atomic E-state index is 11.9. The molecule has 1 saturated carbocycles. The second-order valence-corrected chi connectivity index (χ2v) is 2.19. The Morgan fingerprint density at radius 1 is 1.33 bits per heavy atom. The monoisotopic (exact) mass is 160 g/mol. The second kappa shape index (κ2) is 1.42. The van der Waals surface area contributed by atoms with E-state index in [1.807, 2.05) is 0 Å². The zero-order valence-corrected chi connectivity index (χ0v) is 4.72. The number of allylic oxidation sites excluding steroid dienone is 1. The van der Waals surface area contributed by atoms with Crippen LogP contribution in [0.4, 0.5) is 17.6 Å². The van der Waals surface area contributed by atoms with Crippen LogP contribution in [0.1, 0.15) is 0 Å². The second-order valence-electron chi connectivity index (χ2n) is 1.67. The van der Waals surface area contributed by atoms with E-state index in [0.29, 0.717) is 0 Å². The lowest BCUT2D eigenvalue weighted by atomic mass is 10.7. The summed E-state index contributed by atoms with van der Waals surface area (Å²) in [5.41, 5.74) is -1.29. The van der Waals surface area contributed by atoms with Gasteiger partial charge < -0.3 is 0 Å². The van der Waals surface area contributed by atoms with Crippen LogP contribution in [0.3, 0.4) is 0 Å². The van der Waals surface area contributed by atoms with Gasteiger partial charge in [-0.15, -0.1) is 0 Å². The summed E-state index contributed by atoms with van der Waals surface area (Å²) in [6.45, 7) is 0. The molecule has 9 heavy (non-hydrogen) atoms. The first-order valence-electron chi connectivity index (χ1n) is 2.01. The topological polar surface area (TPSA) is 0 Å². The van der Waals surface area contributed by atoms with E-state index in [0.717, 1.165) is 0 Å². The third kappa shape index (κ3) is 0.595. The fourth-order valence-electron chi connectivity index (χ4n) is 0.448. The van der Waals surface area contributed by atoms with E-state index >= 15 is 0 Å². The summed E-state index contributed by atoms with van der Waals surface area (Å²) >= 11 is 4.47. The molecule has 0 saturated heterocycles. The minimum Gasteiger partial charge on any atom is -0.215 e. The van der Waals surface area contributed by atoms with Crippen LogP contribution in [-0.2, 0) is 0 Å². The number of alkyl halides is 4. The summed E-state index contributed by atoms with van der Waals surface area (Å²) in [5, 5.41) is -3.26. The summed E-state index contributed by atoms with van der Waals surface area (Å²) in [4.78, 5) is 0. The molecular formula is C4HClF4. The molecule has 0 nitrogen and oxygen atoms in total. The summed E-state index contributed by atoms with van der Waals surface area (Å²) in [6.07, 6.45) is -0.507. The molecule has 0 amide bonds. The minimum atomic E-state index is -3.80. The molecular weight excluding hydrogens is 159 g/mol. The average molecular weight is 160 g/mol. The highest BCUT2D eigenvalue weighted by molar-refractivity contribution is 6.29. The normalized spacial score (nSPS) is 43.4. The maximum absolute atomic E-state index is 11.9. The molecule has 1 aliphatic carbocycles. The lowest BCUT2D eigenvalue weighted by molar-refractivity contribution is 0.0801. The highest BCUT2D eigenvalue weighted by atomic mass is 35.5. The van der Waals surface area contributed by atoms with Crippen LogP contribution in [0.5, 0.6) is 0 Å². The molecule has 1 atom stereocenters. The first-order chi connectivity index (χ1) is 3.94. The number of hydrogen-bond donors (Lipinski definition) is 0. The van der Waals surface area contributed by atoms with E-state index in [-0.39, 0.29) is 0 Å². The summed E-state index contributed by atoms with van der Waals surface area (Å²) in [7, 11) is 0. The Balaban J connectivity index is 2.91. The van der Waals surface area contributed by atoms with Crippen molar-refractivity contribution in [2.24, 2.45) is 0 Å². The van der Waals surface area contributed by atoms with Gasteiger partial charge in [0.2, 0.25) is 0 Å². The lowest BCUT2D eigenvalue weighted by Gasteiger charge is -1.87. The van der Waals surface area contributed by atoms with E-state index in [9.17, 15) is 17.6 Å². The van der Waals surface area contributed by atoms with E-state index in [1.165, 1.54) is 0 Å². The molecule has 0 heterocycles. The first kappa shape index (κ1) is 6.86. The van der Waals surface area contributed by atoms with Gasteiger partial charge >= 0.3 is 5.92 Å². The summed E-state index contributed by atoms with van der Waals surface area (Å²) in [6, 6.07) is 0. The molecule has 1 aliphatic rings. The average Bonchev–Trinajstić information content (AvgIpc) is 2.00. The Labute approximate surface area is 53.1 Å². The van der Waals surface area contributed by atoms with Crippen molar-refractivity contribution >= 4 is 11.6 Å². The predicted molar refractivity (Wildman–Crippen MR) is 23.8 cm³/mol. The van der Waals surface area contributed by atoms with Crippen molar-refractivity contribution in [1.82, 2.24) is 0 Å². The van der Waals surface area contributed by atoms with Gasteiger partial charge in [0.1, 0.15) is 0 Å². The number of rotatable bonds is 0. The quantitative estimate of drug-likeness (QED) is 0.377. The van der Waals surface area contributed by atoms with Crippen LogP contribution < -0.4 is 0 Å². The van der Waals surface area contributed by atoms with Gasteiger partial charge in [0, 0.05) is 0 Å². The molecule has 5 heteroatoms. The Kier molecular flexibility index (Phi) is 1.09. The molecule has 0 aromatic heterocycles.